The Hall–Kier alpha value is -2.08. The van der Waals surface area contributed by atoms with Crippen LogP contribution in [0.3, 0.4) is 0 Å². The fourth-order valence-electron chi connectivity index (χ4n) is 1.77. The van der Waals surface area contributed by atoms with Gasteiger partial charge in [0, 0.05) is 0 Å². The Balaban J connectivity index is 2.59. The normalized spacial score (nSPS) is 10.3. The summed E-state index contributed by atoms with van der Waals surface area (Å²) >= 11 is 1.12. The van der Waals surface area contributed by atoms with Crippen molar-refractivity contribution in [1.82, 2.24) is 4.98 Å². The summed E-state index contributed by atoms with van der Waals surface area (Å²) in [6.45, 7) is 1.68. The molecule has 0 atom stereocenters. The summed E-state index contributed by atoms with van der Waals surface area (Å²) in [6.07, 6.45) is 0. The highest BCUT2D eigenvalue weighted by atomic mass is 32.1. The highest BCUT2D eigenvalue weighted by molar-refractivity contribution is 7.17. The molecule has 0 bridgehead atoms. The summed E-state index contributed by atoms with van der Waals surface area (Å²) in [6, 6.07) is 5.42. The Morgan fingerprint density at radius 2 is 2.05 bits per heavy atom. The van der Waals surface area contributed by atoms with Gasteiger partial charge in [0.1, 0.15) is 9.88 Å². The van der Waals surface area contributed by atoms with E-state index in [4.69, 9.17) is 14.6 Å². The van der Waals surface area contributed by atoms with Crippen LogP contribution < -0.4 is 9.47 Å². The van der Waals surface area contributed by atoms with Crippen molar-refractivity contribution in [1.29, 1.82) is 0 Å². The lowest BCUT2D eigenvalue weighted by Gasteiger charge is -2.10. The average Bonchev–Trinajstić information content (AvgIpc) is 2.79. The van der Waals surface area contributed by atoms with Gasteiger partial charge in [-0.1, -0.05) is 6.07 Å². The zero-order valence-electron chi connectivity index (χ0n) is 10.8. The number of carboxylic acids is 1. The third-order valence-electron chi connectivity index (χ3n) is 2.62. The van der Waals surface area contributed by atoms with Crippen molar-refractivity contribution in [3.8, 4) is 22.1 Å². The molecule has 0 aliphatic carbocycles. The van der Waals surface area contributed by atoms with E-state index in [1.165, 1.54) is 0 Å². The number of methoxy groups -OCH3 is 2. The van der Waals surface area contributed by atoms with E-state index in [1.54, 1.807) is 27.2 Å². The van der Waals surface area contributed by atoms with Crippen LogP contribution in [0.25, 0.3) is 10.6 Å². The molecule has 1 aromatic heterocycles. The van der Waals surface area contributed by atoms with Crippen LogP contribution in [0.2, 0.25) is 0 Å². The highest BCUT2D eigenvalue weighted by Gasteiger charge is 2.19. The second kappa shape index (κ2) is 5.27. The molecular formula is C13H13NO4S. The van der Waals surface area contributed by atoms with Gasteiger partial charge < -0.3 is 14.6 Å². The third kappa shape index (κ3) is 2.39. The van der Waals surface area contributed by atoms with Gasteiger partial charge in [-0.25, -0.2) is 9.78 Å². The molecule has 0 aliphatic heterocycles. The molecule has 1 heterocycles. The Bertz CT molecular complexity index is 621. The number of benzene rings is 1. The zero-order valence-corrected chi connectivity index (χ0v) is 11.6. The van der Waals surface area contributed by atoms with Gasteiger partial charge >= 0.3 is 5.97 Å². The molecule has 1 aromatic carbocycles. The minimum atomic E-state index is -0.969. The van der Waals surface area contributed by atoms with E-state index < -0.39 is 5.97 Å². The Labute approximate surface area is 114 Å². The number of aryl methyl sites for hydroxylation is 1. The van der Waals surface area contributed by atoms with E-state index >= 15 is 0 Å². The lowest BCUT2D eigenvalue weighted by Crippen LogP contribution is -1.94. The number of ether oxygens (including phenoxy) is 2. The number of thiazole rings is 1. The molecule has 0 fully saturated rings. The number of rotatable bonds is 4. The zero-order chi connectivity index (χ0) is 14.0. The number of carboxylic acid groups (broad SMARTS) is 1. The maximum Gasteiger partial charge on any atom is 0.347 e. The SMILES string of the molecule is COc1cccc(-c2nc(C)c(C(=O)O)s2)c1OC. The molecule has 2 rings (SSSR count). The van der Waals surface area contributed by atoms with E-state index in [0.29, 0.717) is 22.2 Å². The smallest absolute Gasteiger partial charge is 0.347 e. The molecule has 6 heteroatoms. The summed E-state index contributed by atoms with van der Waals surface area (Å²) in [4.78, 5) is 15.6. The lowest BCUT2D eigenvalue weighted by atomic mass is 10.2. The van der Waals surface area contributed by atoms with Crippen LogP contribution in [0.1, 0.15) is 15.4 Å². The molecule has 0 radical (unpaired) electrons. The van der Waals surface area contributed by atoms with E-state index in [1.807, 2.05) is 12.1 Å². The minimum Gasteiger partial charge on any atom is -0.493 e. The third-order valence-corrected chi connectivity index (χ3v) is 3.80. The Kier molecular flexibility index (Phi) is 3.71. The number of carbonyl (C=O) groups is 1. The van der Waals surface area contributed by atoms with E-state index in [0.717, 1.165) is 16.9 Å². The van der Waals surface area contributed by atoms with Crippen molar-refractivity contribution in [2.45, 2.75) is 6.92 Å². The summed E-state index contributed by atoms with van der Waals surface area (Å²) < 4.78 is 10.5. The minimum absolute atomic E-state index is 0.236. The van der Waals surface area contributed by atoms with Crippen LogP contribution in [-0.2, 0) is 0 Å². The first-order valence-corrected chi connectivity index (χ1v) is 6.32. The van der Waals surface area contributed by atoms with Gasteiger partial charge in [-0.2, -0.15) is 0 Å². The molecule has 0 unspecified atom stereocenters. The summed E-state index contributed by atoms with van der Waals surface area (Å²) in [5, 5.41) is 9.67. The molecule has 1 N–H and O–H groups in total. The number of para-hydroxylation sites is 1. The second-order valence-corrected chi connectivity index (χ2v) is 4.78. The quantitative estimate of drug-likeness (QED) is 0.932. The fraction of sp³-hybridized carbons (Fsp3) is 0.231. The number of nitrogens with zero attached hydrogens (tertiary/aromatic N) is 1. The molecule has 19 heavy (non-hydrogen) atoms. The predicted octanol–water partition coefficient (Wildman–Crippen LogP) is 2.83. The van der Waals surface area contributed by atoms with E-state index in [9.17, 15) is 4.79 Å². The van der Waals surface area contributed by atoms with Crippen LogP contribution in [0.4, 0.5) is 0 Å². The molecular weight excluding hydrogens is 266 g/mol. The first kappa shape index (κ1) is 13.4. The second-order valence-electron chi connectivity index (χ2n) is 3.78. The maximum absolute atomic E-state index is 11.1. The molecule has 0 saturated carbocycles. The van der Waals surface area contributed by atoms with Gasteiger partial charge in [-0.05, 0) is 19.1 Å². The Morgan fingerprint density at radius 3 is 2.58 bits per heavy atom. The monoisotopic (exact) mass is 279 g/mol. The molecule has 2 aromatic rings. The van der Waals surface area contributed by atoms with Gasteiger partial charge in [0.15, 0.2) is 11.5 Å². The molecule has 0 saturated heterocycles. The summed E-state index contributed by atoms with van der Waals surface area (Å²) in [7, 11) is 3.09. The summed E-state index contributed by atoms with van der Waals surface area (Å²) in [5.41, 5.74) is 1.22. The predicted molar refractivity (Wildman–Crippen MR) is 72.4 cm³/mol. The van der Waals surface area contributed by atoms with Gasteiger partial charge in [-0.15, -0.1) is 11.3 Å². The van der Waals surface area contributed by atoms with Crippen molar-refractivity contribution in [2.24, 2.45) is 0 Å². The summed E-state index contributed by atoms with van der Waals surface area (Å²) in [5.74, 6) is 0.170. The maximum atomic E-state index is 11.1. The van der Waals surface area contributed by atoms with Gasteiger partial charge in [0.2, 0.25) is 0 Å². The molecule has 5 nitrogen and oxygen atoms in total. The van der Waals surface area contributed by atoms with E-state index in [2.05, 4.69) is 4.98 Å². The standard InChI is InChI=1S/C13H13NO4S/c1-7-11(13(15)16)19-12(14-7)8-5-4-6-9(17-2)10(8)18-3/h4-6H,1-3H3,(H,15,16). The molecule has 0 spiro atoms. The largest absolute Gasteiger partial charge is 0.493 e. The van der Waals surface area contributed by atoms with Gasteiger partial charge in [-0.3, -0.25) is 0 Å². The van der Waals surface area contributed by atoms with Crippen molar-refractivity contribution in [3.05, 3.63) is 28.8 Å². The first-order valence-electron chi connectivity index (χ1n) is 5.50. The topological polar surface area (TPSA) is 68.7 Å². The van der Waals surface area contributed by atoms with Crippen LogP contribution in [0, 0.1) is 6.92 Å². The lowest BCUT2D eigenvalue weighted by molar-refractivity contribution is 0.0701. The van der Waals surface area contributed by atoms with Crippen LogP contribution in [0.5, 0.6) is 11.5 Å². The highest BCUT2D eigenvalue weighted by Crippen LogP contribution is 2.40. The fourth-order valence-corrected chi connectivity index (χ4v) is 2.69. The van der Waals surface area contributed by atoms with Crippen molar-refractivity contribution in [3.63, 3.8) is 0 Å². The molecule has 0 amide bonds. The van der Waals surface area contributed by atoms with Gasteiger partial charge in [0.05, 0.1) is 25.5 Å². The van der Waals surface area contributed by atoms with Gasteiger partial charge in [0.25, 0.3) is 0 Å². The molecule has 100 valence electrons. The van der Waals surface area contributed by atoms with Crippen LogP contribution in [-0.4, -0.2) is 30.3 Å². The van der Waals surface area contributed by atoms with Crippen molar-refractivity contribution < 1.29 is 19.4 Å². The number of hydrogen-bond acceptors (Lipinski definition) is 5. The number of aromatic nitrogens is 1. The van der Waals surface area contributed by atoms with Crippen molar-refractivity contribution >= 4 is 17.3 Å². The van der Waals surface area contributed by atoms with Crippen LogP contribution >= 0.6 is 11.3 Å². The molecule has 0 aliphatic rings. The Morgan fingerprint density at radius 1 is 1.32 bits per heavy atom. The van der Waals surface area contributed by atoms with E-state index in [-0.39, 0.29) is 4.88 Å². The number of aromatic carboxylic acids is 1. The number of hydrogen-bond donors (Lipinski definition) is 1. The average molecular weight is 279 g/mol. The van der Waals surface area contributed by atoms with Crippen LogP contribution in [0.15, 0.2) is 18.2 Å². The first-order chi connectivity index (χ1) is 9.08. The van der Waals surface area contributed by atoms with Crippen molar-refractivity contribution in [2.75, 3.05) is 14.2 Å².